The smallest absolute Gasteiger partial charge is 0.233 e. The van der Waals surface area contributed by atoms with E-state index in [1.807, 2.05) is 29.2 Å². The maximum atomic E-state index is 12.6. The van der Waals surface area contributed by atoms with Crippen LogP contribution in [0.4, 0.5) is 0 Å². The molecule has 0 spiro atoms. The molecule has 2 aliphatic heterocycles. The van der Waals surface area contributed by atoms with Gasteiger partial charge in [-0.3, -0.25) is 4.79 Å². The van der Waals surface area contributed by atoms with Crippen LogP contribution in [0, 0.1) is 0 Å². The van der Waals surface area contributed by atoms with Gasteiger partial charge in [0.05, 0.1) is 25.0 Å². The predicted octanol–water partition coefficient (Wildman–Crippen LogP) is 3.30. The lowest BCUT2D eigenvalue weighted by atomic mass is 10.0. The van der Waals surface area contributed by atoms with Crippen molar-refractivity contribution < 1.29 is 14.3 Å². The summed E-state index contributed by atoms with van der Waals surface area (Å²) in [6.45, 7) is 2.08. The van der Waals surface area contributed by atoms with Crippen LogP contribution in [0.3, 0.4) is 0 Å². The van der Waals surface area contributed by atoms with Crippen molar-refractivity contribution in [2.75, 3.05) is 25.5 Å². The number of carbonyl (C=O) groups is 1. The molecule has 0 bridgehead atoms. The number of likely N-dealkylation sites (tertiary alicyclic amines) is 1. The van der Waals surface area contributed by atoms with Gasteiger partial charge in [0.2, 0.25) is 5.91 Å². The second-order valence-electron chi connectivity index (χ2n) is 5.50. The quantitative estimate of drug-likeness (QED) is 0.745. The fraction of sp³-hybridized carbons (Fsp3) is 0.562. The van der Waals surface area contributed by atoms with E-state index in [1.165, 1.54) is 0 Å². The Morgan fingerprint density at radius 2 is 1.95 bits per heavy atom. The van der Waals surface area contributed by atoms with Gasteiger partial charge in [-0.25, -0.2) is 0 Å². The van der Waals surface area contributed by atoms with Crippen LogP contribution in [0.15, 0.2) is 33.6 Å². The molecular formula is C16H20BrNO3S. The summed E-state index contributed by atoms with van der Waals surface area (Å²) in [5.41, 5.74) is 0. The number of amides is 1. The molecule has 1 aromatic carbocycles. The van der Waals surface area contributed by atoms with E-state index in [9.17, 15) is 4.79 Å². The van der Waals surface area contributed by atoms with Crippen molar-refractivity contribution in [1.29, 1.82) is 0 Å². The van der Waals surface area contributed by atoms with Crippen molar-refractivity contribution in [2.45, 2.75) is 36.5 Å². The standard InChI is InChI=1S/C16H20BrNO3S/c17-12-4-6-13(7-5-12)22-11-15(19)18-8-2-1-3-14(18)16-20-9-10-21-16/h4-7,14,16H,1-3,8-11H2. The molecule has 4 nitrogen and oxygen atoms in total. The van der Waals surface area contributed by atoms with Crippen molar-refractivity contribution in [1.82, 2.24) is 4.90 Å². The molecule has 2 heterocycles. The van der Waals surface area contributed by atoms with Crippen LogP contribution in [0.2, 0.25) is 0 Å². The maximum absolute atomic E-state index is 12.6. The monoisotopic (exact) mass is 385 g/mol. The Balaban J connectivity index is 1.58. The van der Waals surface area contributed by atoms with E-state index in [4.69, 9.17) is 9.47 Å². The molecule has 1 unspecified atom stereocenters. The number of thioether (sulfide) groups is 1. The minimum absolute atomic E-state index is 0.0780. The first-order chi connectivity index (χ1) is 10.7. The lowest BCUT2D eigenvalue weighted by Gasteiger charge is -2.38. The van der Waals surface area contributed by atoms with E-state index in [2.05, 4.69) is 15.9 Å². The number of hydrogen-bond acceptors (Lipinski definition) is 4. The summed E-state index contributed by atoms with van der Waals surface area (Å²) < 4.78 is 12.3. The number of hydrogen-bond donors (Lipinski definition) is 0. The molecule has 2 aliphatic rings. The average Bonchev–Trinajstić information content (AvgIpc) is 3.08. The van der Waals surface area contributed by atoms with Crippen LogP contribution in [0.5, 0.6) is 0 Å². The van der Waals surface area contributed by atoms with Gasteiger partial charge in [-0.15, -0.1) is 11.8 Å². The van der Waals surface area contributed by atoms with Crippen LogP contribution < -0.4 is 0 Å². The molecular weight excluding hydrogens is 366 g/mol. The van der Waals surface area contributed by atoms with E-state index in [-0.39, 0.29) is 18.2 Å². The lowest BCUT2D eigenvalue weighted by Crippen LogP contribution is -2.50. The number of ether oxygens (including phenoxy) is 2. The van der Waals surface area contributed by atoms with E-state index in [0.29, 0.717) is 19.0 Å². The second kappa shape index (κ2) is 7.81. The summed E-state index contributed by atoms with van der Waals surface area (Å²) in [6, 6.07) is 8.12. The topological polar surface area (TPSA) is 38.8 Å². The first kappa shape index (κ1) is 16.3. The third-order valence-electron chi connectivity index (χ3n) is 4.01. The number of halogens is 1. The summed E-state index contributed by atoms with van der Waals surface area (Å²) in [7, 11) is 0. The highest BCUT2D eigenvalue weighted by atomic mass is 79.9. The van der Waals surface area contributed by atoms with Crippen molar-refractivity contribution in [3.8, 4) is 0 Å². The minimum Gasteiger partial charge on any atom is -0.348 e. The van der Waals surface area contributed by atoms with Gasteiger partial charge in [-0.1, -0.05) is 15.9 Å². The van der Waals surface area contributed by atoms with Crippen molar-refractivity contribution in [3.05, 3.63) is 28.7 Å². The number of piperidine rings is 1. The Hall–Kier alpha value is -0.560. The third-order valence-corrected chi connectivity index (χ3v) is 5.53. The third kappa shape index (κ3) is 4.04. The largest absolute Gasteiger partial charge is 0.348 e. The van der Waals surface area contributed by atoms with Crippen LogP contribution in [0.25, 0.3) is 0 Å². The van der Waals surface area contributed by atoms with E-state index < -0.39 is 0 Å². The molecule has 22 heavy (non-hydrogen) atoms. The number of rotatable bonds is 4. The molecule has 3 rings (SSSR count). The van der Waals surface area contributed by atoms with Crippen molar-refractivity contribution in [3.63, 3.8) is 0 Å². The highest BCUT2D eigenvalue weighted by molar-refractivity contribution is 9.10. The summed E-state index contributed by atoms with van der Waals surface area (Å²) >= 11 is 5.00. The Morgan fingerprint density at radius 1 is 1.23 bits per heavy atom. The van der Waals surface area contributed by atoms with Crippen molar-refractivity contribution >= 4 is 33.6 Å². The molecule has 2 saturated heterocycles. The number of nitrogens with zero attached hydrogens (tertiary/aromatic N) is 1. The van der Waals surface area contributed by atoms with Gasteiger partial charge in [0, 0.05) is 15.9 Å². The Morgan fingerprint density at radius 3 is 2.68 bits per heavy atom. The molecule has 0 radical (unpaired) electrons. The fourth-order valence-corrected chi connectivity index (χ4v) is 3.96. The van der Waals surface area contributed by atoms with Gasteiger partial charge in [-0.2, -0.15) is 0 Å². The highest BCUT2D eigenvalue weighted by Crippen LogP contribution is 2.26. The van der Waals surface area contributed by atoms with Crippen LogP contribution in [-0.4, -0.2) is 48.7 Å². The average molecular weight is 386 g/mol. The molecule has 0 aromatic heterocycles. The maximum Gasteiger partial charge on any atom is 0.233 e. The molecule has 120 valence electrons. The Kier molecular flexibility index (Phi) is 5.79. The summed E-state index contributed by atoms with van der Waals surface area (Å²) in [5.74, 6) is 0.641. The summed E-state index contributed by atoms with van der Waals surface area (Å²) in [5, 5.41) is 0. The van der Waals surface area contributed by atoms with E-state index >= 15 is 0 Å². The zero-order valence-corrected chi connectivity index (χ0v) is 14.8. The molecule has 1 aromatic rings. The van der Waals surface area contributed by atoms with Gasteiger partial charge in [0.25, 0.3) is 0 Å². The molecule has 2 fully saturated rings. The molecule has 0 aliphatic carbocycles. The first-order valence-corrected chi connectivity index (χ1v) is 9.43. The minimum atomic E-state index is -0.234. The van der Waals surface area contributed by atoms with E-state index in [1.54, 1.807) is 11.8 Å². The van der Waals surface area contributed by atoms with Gasteiger partial charge < -0.3 is 14.4 Å². The zero-order chi connectivity index (χ0) is 15.4. The Bertz CT molecular complexity index is 505. The van der Waals surface area contributed by atoms with Gasteiger partial charge in [0.1, 0.15) is 0 Å². The SMILES string of the molecule is O=C(CSc1ccc(Br)cc1)N1CCCCC1C1OCCO1. The van der Waals surface area contributed by atoms with Gasteiger partial charge in [-0.05, 0) is 43.5 Å². The lowest BCUT2D eigenvalue weighted by molar-refractivity contribution is -0.148. The van der Waals surface area contributed by atoms with Crippen LogP contribution >= 0.6 is 27.7 Å². The predicted molar refractivity (Wildman–Crippen MR) is 89.9 cm³/mol. The van der Waals surface area contributed by atoms with Crippen molar-refractivity contribution in [2.24, 2.45) is 0 Å². The molecule has 1 atom stereocenters. The summed E-state index contributed by atoms with van der Waals surface area (Å²) in [6.07, 6.45) is 2.94. The molecule has 0 saturated carbocycles. The molecule has 1 amide bonds. The normalized spacial score (nSPS) is 23.0. The van der Waals surface area contributed by atoms with E-state index in [0.717, 1.165) is 35.2 Å². The fourth-order valence-electron chi connectivity index (χ4n) is 2.91. The van der Waals surface area contributed by atoms with Gasteiger partial charge in [0.15, 0.2) is 6.29 Å². The molecule has 0 N–H and O–H groups in total. The highest BCUT2D eigenvalue weighted by Gasteiger charge is 2.35. The van der Waals surface area contributed by atoms with Crippen LogP contribution in [0.1, 0.15) is 19.3 Å². The van der Waals surface area contributed by atoms with Crippen LogP contribution in [-0.2, 0) is 14.3 Å². The summed E-state index contributed by atoms with van der Waals surface area (Å²) in [4.78, 5) is 15.7. The van der Waals surface area contributed by atoms with Gasteiger partial charge >= 0.3 is 0 Å². The number of carbonyl (C=O) groups excluding carboxylic acids is 1. The second-order valence-corrected chi connectivity index (χ2v) is 7.47. The zero-order valence-electron chi connectivity index (χ0n) is 12.4. The number of benzene rings is 1. The molecule has 6 heteroatoms. The Labute approximate surface area is 143 Å². The first-order valence-electron chi connectivity index (χ1n) is 7.65.